The third-order valence-electron chi connectivity index (χ3n) is 4.49. The molecular weight excluding hydrogens is 416 g/mol. The maximum absolute atomic E-state index is 12.4. The van der Waals surface area contributed by atoms with Gasteiger partial charge < -0.3 is 28.8 Å². The van der Waals surface area contributed by atoms with Crippen molar-refractivity contribution in [2.75, 3.05) is 20.8 Å². The van der Waals surface area contributed by atoms with Crippen LogP contribution >= 0.6 is 11.6 Å². The van der Waals surface area contributed by atoms with E-state index in [2.05, 4.69) is 0 Å². The Balaban J connectivity index is 1.61. The van der Waals surface area contributed by atoms with E-state index in [1.807, 2.05) is 0 Å². The van der Waals surface area contributed by atoms with E-state index >= 15 is 0 Å². The van der Waals surface area contributed by atoms with Crippen LogP contribution in [0.3, 0.4) is 0 Å². The topological polar surface area (TPSA) is 101 Å². The highest BCUT2D eigenvalue weighted by atomic mass is 35.5. The number of alkyl halides is 1. The van der Waals surface area contributed by atoms with Crippen molar-refractivity contribution in [2.24, 2.45) is 0 Å². The molecule has 1 aliphatic heterocycles. The minimum Gasteiger partial charge on any atom is -0.497 e. The lowest BCUT2D eigenvalue weighted by molar-refractivity contribution is -0.140. The Hall–Kier alpha value is -2.81. The van der Waals surface area contributed by atoms with Crippen LogP contribution in [-0.2, 0) is 14.2 Å². The average Bonchev–Trinajstić information content (AvgIpc) is 3.05. The van der Waals surface area contributed by atoms with Crippen LogP contribution in [0.5, 0.6) is 11.5 Å². The molecule has 0 saturated carbocycles. The lowest BCUT2D eigenvalue weighted by Crippen LogP contribution is -2.32. The Morgan fingerprint density at radius 3 is 2.00 bits per heavy atom. The van der Waals surface area contributed by atoms with Crippen molar-refractivity contribution < 1.29 is 38.4 Å². The minimum atomic E-state index is -2.03. The smallest absolute Gasteiger partial charge is 0.338 e. The van der Waals surface area contributed by atoms with E-state index in [-0.39, 0.29) is 18.6 Å². The summed E-state index contributed by atoms with van der Waals surface area (Å²) in [7, 11) is 3.04. The van der Waals surface area contributed by atoms with Crippen molar-refractivity contribution in [3.05, 3.63) is 59.7 Å². The first-order chi connectivity index (χ1) is 14.3. The number of carbonyl (C=O) groups excluding carboxylic acids is 2. The second kappa shape index (κ2) is 9.34. The number of hydrogen-bond donors (Lipinski definition) is 1. The highest BCUT2D eigenvalue weighted by Crippen LogP contribution is 2.34. The number of aliphatic hydroxyl groups is 1. The predicted molar refractivity (Wildman–Crippen MR) is 106 cm³/mol. The van der Waals surface area contributed by atoms with Crippen molar-refractivity contribution >= 4 is 23.5 Å². The molecule has 1 saturated heterocycles. The molecule has 0 aliphatic carbocycles. The second-order valence-electron chi connectivity index (χ2n) is 6.55. The summed E-state index contributed by atoms with van der Waals surface area (Å²) in [6.45, 7) is -0.263. The third kappa shape index (κ3) is 5.41. The number of methoxy groups -OCH3 is 2. The van der Waals surface area contributed by atoms with Gasteiger partial charge in [-0.25, -0.2) is 9.59 Å². The zero-order valence-electron chi connectivity index (χ0n) is 16.4. The van der Waals surface area contributed by atoms with Crippen molar-refractivity contribution in [1.82, 2.24) is 0 Å². The number of benzene rings is 2. The van der Waals surface area contributed by atoms with E-state index in [0.717, 1.165) is 0 Å². The van der Waals surface area contributed by atoms with Gasteiger partial charge >= 0.3 is 11.9 Å². The molecule has 0 amide bonds. The molecule has 1 aliphatic rings. The molecular formula is C21H21ClO8. The molecule has 0 spiro atoms. The molecule has 160 valence electrons. The van der Waals surface area contributed by atoms with Crippen LogP contribution in [0, 0.1) is 0 Å². The summed E-state index contributed by atoms with van der Waals surface area (Å²) in [6.07, 6.45) is -2.02. The molecule has 9 heteroatoms. The maximum atomic E-state index is 12.4. The van der Waals surface area contributed by atoms with Crippen LogP contribution in [0.25, 0.3) is 0 Å². The van der Waals surface area contributed by atoms with E-state index in [4.69, 9.17) is 35.3 Å². The van der Waals surface area contributed by atoms with Gasteiger partial charge in [-0.15, -0.1) is 0 Å². The lowest BCUT2D eigenvalue weighted by atomic mass is 10.1. The molecule has 30 heavy (non-hydrogen) atoms. The fourth-order valence-electron chi connectivity index (χ4n) is 2.90. The molecule has 2 aromatic carbocycles. The Kier molecular flexibility index (Phi) is 6.81. The number of carbonyl (C=O) groups is 2. The highest BCUT2D eigenvalue weighted by molar-refractivity contribution is 6.21. The van der Waals surface area contributed by atoms with E-state index in [1.54, 1.807) is 48.5 Å². The van der Waals surface area contributed by atoms with Crippen LogP contribution < -0.4 is 9.47 Å². The molecule has 2 aromatic rings. The number of esters is 2. The molecule has 3 rings (SSSR count). The zero-order valence-corrected chi connectivity index (χ0v) is 17.1. The second-order valence-corrected chi connectivity index (χ2v) is 7.14. The maximum Gasteiger partial charge on any atom is 0.338 e. The summed E-state index contributed by atoms with van der Waals surface area (Å²) >= 11 is 5.86. The van der Waals surface area contributed by atoms with Gasteiger partial charge in [-0.05, 0) is 48.5 Å². The summed E-state index contributed by atoms with van der Waals surface area (Å²) in [5, 5.41) is 7.98. The molecule has 1 fully saturated rings. The first-order valence-corrected chi connectivity index (χ1v) is 9.44. The third-order valence-corrected chi connectivity index (χ3v) is 4.73. The number of halogens is 1. The van der Waals surface area contributed by atoms with Crippen LogP contribution in [-0.4, -0.2) is 55.3 Å². The van der Waals surface area contributed by atoms with Gasteiger partial charge in [0.05, 0.1) is 31.8 Å². The largest absolute Gasteiger partial charge is 0.497 e. The van der Waals surface area contributed by atoms with E-state index in [9.17, 15) is 14.7 Å². The molecule has 0 aromatic heterocycles. The summed E-state index contributed by atoms with van der Waals surface area (Å²) in [6, 6.07) is 12.7. The molecule has 0 bridgehead atoms. The normalized spacial score (nSPS) is 22.9. The van der Waals surface area contributed by atoms with Gasteiger partial charge in [-0.2, -0.15) is 0 Å². The SMILES string of the molecule is COc1ccc(C(=O)OC[C@@H]2O[C@@](O)(Cl)C[C@H]2OC(=O)c2ccc(OC)cc2)cc1. The number of hydrogen-bond acceptors (Lipinski definition) is 8. The Labute approximate surface area is 178 Å². The highest BCUT2D eigenvalue weighted by Gasteiger charge is 2.47. The van der Waals surface area contributed by atoms with Crippen LogP contribution in [0.1, 0.15) is 27.1 Å². The Morgan fingerprint density at radius 2 is 1.50 bits per heavy atom. The number of rotatable bonds is 7. The van der Waals surface area contributed by atoms with Crippen molar-refractivity contribution in [3.63, 3.8) is 0 Å². The zero-order chi connectivity index (χ0) is 21.7. The van der Waals surface area contributed by atoms with E-state index in [1.165, 1.54) is 14.2 Å². The first-order valence-electron chi connectivity index (χ1n) is 9.06. The summed E-state index contributed by atoms with van der Waals surface area (Å²) < 4.78 is 26.1. The summed E-state index contributed by atoms with van der Waals surface area (Å²) in [5.41, 5.74) is 0.594. The van der Waals surface area contributed by atoms with Crippen LogP contribution in [0.2, 0.25) is 0 Å². The van der Waals surface area contributed by atoms with Gasteiger partial charge in [0.25, 0.3) is 0 Å². The number of ether oxygens (including phenoxy) is 5. The van der Waals surface area contributed by atoms with Gasteiger partial charge in [-0.3, -0.25) is 0 Å². The van der Waals surface area contributed by atoms with Gasteiger partial charge in [0.2, 0.25) is 5.25 Å². The van der Waals surface area contributed by atoms with Crippen molar-refractivity contribution in [2.45, 2.75) is 23.9 Å². The van der Waals surface area contributed by atoms with E-state index in [0.29, 0.717) is 17.1 Å². The Morgan fingerprint density at radius 1 is 1.00 bits per heavy atom. The summed E-state index contributed by atoms with van der Waals surface area (Å²) in [5.74, 6) is -0.0452. The molecule has 0 unspecified atom stereocenters. The monoisotopic (exact) mass is 436 g/mol. The molecule has 1 heterocycles. The van der Waals surface area contributed by atoms with E-state index < -0.39 is 29.4 Å². The lowest BCUT2D eigenvalue weighted by Gasteiger charge is -2.19. The standard InChI is InChI=1S/C21H21ClO8/c1-26-15-7-3-13(4-8-15)19(23)28-12-18-17(11-21(22,25)30-18)29-20(24)14-5-9-16(27-2)10-6-14/h3-10,17-18,25H,11-12H2,1-2H3/t17-,18+,21-/m1/s1. The molecule has 0 radical (unpaired) electrons. The predicted octanol–water partition coefficient (Wildman–Crippen LogP) is 2.76. The van der Waals surface area contributed by atoms with Crippen LogP contribution in [0.15, 0.2) is 48.5 Å². The van der Waals surface area contributed by atoms with Crippen molar-refractivity contribution in [1.29, 1.82) is 0 Å². The van der Waals surface area contributed by atoms with Crippen molar-refractivity contribution in [3.8, 4) is 11.5 Å². The van der Waals surface area contributed by atoms with Gasteiger partial charge in [-0.1, -0.05) is 11.6 Å². The average molecular weight is 437 g/mol. The Bertz CT molecular complexity index is 879. The first kappa shape index (κ1) is 21.9. The van der Waals surface area contributed by atoms with Gasteiger partial charge in [0, 0.05) is 0 Å². The minimum absolute atomic E-state index is 0.179. The fourth-order valence-corrected chi connectivity index (χ4v) is 3.16. The molecule has 3 atom stereocenters. The van der Waals surface area contributed by atoms with Gasteiger partial charge in [0.1, 0.15) is 30.3 Å². The molecule has 8 nitrogen and oxygen atoms in total. The van der Waals surface area contributed by atoms with Crippen LogP contribution in [0.4, 0.5) is 0 Å². The molecule has 1 N–H and O–H groups in total. The quantitative estimate of drug-likeness (QED) is 0.522. The summed E-state index contributed by atoms with van der Waals surface area (Å²) in [4.78, 5) is 24.7. The van der Waals surface area contributed by atoms with Gasteiger partial charge in [0.15, 0.2) is 0 Å². The fraction of sp³-hybridized carbons (Fsp3) is 0.333.